The van der Waals surface area contributed by atoms with E-state index in [1.165, 1.54) is 24.5 Å². The number of alkyl halides is 3. The van der Waals surface area contributed by atoms with E-state index in [9.17, 15) is 18.0 Å². The van der Waals surface area contributed by atoms with Gasteiger partial charge in [0.2, 0.25) is 0 Å². The van der Waals surface area contributed by atoms with Crippen LogP contribution in [0.5, 0.6) is 0 Å². The summed E-state index contributed by atoms with van der Waals surface area (Å²) in [6, 6.07) is 11.2. The molecule has 0 aliphatic carbocycles. The lowest BCUT2D eigenvalue weighted by Crippen LogP contribution is -2.22. The fourth-order valence-electron chi connectivity index (χ4n) is 3.74. The number of para-hydroxylation sites is 1. The highest BCUT2D eigenvalue weighted by atomic mass is 19.4. The lowest BCUT2D eigenvalue weighted by Gasteiger charge is -2.16. The number of rotatable bonds is 6. The van der Waals surface area contributed by atoms with Crippen LogP contribution in [0.4, 0.5) is 18.9 Å². The first-order valence-electron chi connectivity index (χ1n) is 12.1. The molecule has 36 heavy (non-hydrogen) atoms. The molecule has 0 N–H and O–H groups in total. The van der Waals surface area contributed by atoms with Crippen molar-refractivity contribution in [2.24, 2.45) is 13.0 Å². The van der Waals surface area contributed by atoms with E-state index >= 15 is 0 Å². The molecule has 196 valence electrons. The van der Waals surface area contributed by atoms with Gasteiger partial charge in [-0.3, -0.25) is 4.79 Å². The van der Waals surface area contributed by atoms with E-state index in [0.29, 0.717) is 17.2 Å². The first kappa shape index (κ1) is 29.0. The number of fused-ring (bicyclic) bond motifs is 1. The van der Waals surface area contributed by atoms with Crippen molar-refractivity contribution in [2.45, 2.75) is 59.9 Å². The van der Waals surface area contributed by atoms with E-state index in [4.69, 9.17) is 4.74 Å². The average Bonchev–Trinajstić information content (AvgIpc) is 3.43. The molecule has 1 aromatic heterocycles. The molecule has 3 aromatic rings. The number of methoxy groups -OCH3 is 1. The number of halogens is 3. The maximum Gasteiger partial charge on any atom is 0.416 e. The Morgan fingerprint density at radius 1 is 1.14 bits per heavy atom. The van der Waals surface area contributed by atoms with Gasteiger partial charge in [0.1, 0.15) is 12.2 Å². The van der Waals surface area contributed by atoms with Gasteiger partial charge in [-0.05, 0) is 41.3 Å². The van der Waals surface area contributed by atoms with Gasteiger partial charge in [-0.25, -0.2) is 0 Å². The molecule has 0 radical (unpaired) electrons. The molecule has 0 saturated heterocycles. The van der Waals surface area contributed by atoms with Crippen LogP contribution in [0.15, 0.2) is 48.8 Å². The standard InChI is InChI=1S/C17H14F3NO2.C8H15N3.C2H6/c1-23-10-11-7-13-14(15(8-11)17(18,19)20)9-21(16(13)22)12-5-3-2-4-6-12;1-4-7(2)5-8-10-9-6-11(8)3;1-2/h2-8H,9-10H2,1H3;6-7H,4-5H2,1-3H3;1-2H3. The van der Waals surface area contributed by atoms with Gasteiger partial charge in [0, 0.05) is 31.8 Å². The lowest BCUT2D eigenvalue weighted by atomic mass is 9.99. The van der Waals surface area contributed by atoms with Crippen LogP contribution in [0, 0.1) is 5.92 Å². The molecular formula is C27H35F3N4O2. The van der Waals surface area contributed by atoms with E-state index in [1.807, 2.05) is 25.5 Å². The third-order valence-electron chi connectivity index (χ3n) is 5.82. The van der Waals surface area contributed by atoms with Gasteiger partial charge in [-0.1, -0.05) is 52.3 Å². The van der Waals surface area contributed by atoms with E-state index in [0.717, 1.165) is 18.3 Å². The van der Waals surface area contributed by atoms with Crippen molar-refractivity contribution in [3.8, 4) is 0 Å². The number of nitrogens with zero attached hydrogens (tertiary/aromatic N) is 4. The molecule has 0 bridgehead atoms. The maximum atomic E-state index is 13.3. The van der Waals surface area contributed by atoms with Gasteiger partial charge in [-0.2, -0.15) is 13.2 Å². The SMILES string of the molecule is CC.CCC(C)Cc1nncn1C.COCc1cc2c(c(C(F)(F)F)c1)CN(c1ccccc1)C2=O. The zero-order chi connectivity index (χ0) is 26.9. The molecule has 0 saturated carbocycles. The number of benzene rings is 2. The second-order valence-electron chi connectivity index (χ2n) is 8.40. The zero-order valence-electron chi connectivity index (χ0n) is 21.8. The van der Waals surface area contributed by atoms with Crippen molar-refractivity contribution in [3.05, 3.63) is 76.9 Å². The minimum Gasteiger partial charge on any atom is -0.380 e. The summed E-state index contributed by atoms with van der Waals surface area (Å²) in [6.45, 7) is 8.37. The van der Waals surface area contributed by atoms with Crippen LogP contribution in [0.2, 0.25) is 0 Å². The Morgan fingerprint density at radius 2 is 1.81 bits per heavy atom. The number of carbonyl (C=O) groups is 1. The van der Waals surface area contributed by atoms with E-state index in [2.05, 4.69) is 24.0 Å². The van der Waals surface area contributed by atoms with Gasteiger partial charge < -0.3 is 14.2 Å². The number of anilines is 1. The first-order chi connectivity index (χ1) is 17.2. The second kappa shape index (κ2) is 13.2. The predicted octanol–water partition coefficient (Wildman–Crippen LogP) is 6.44. The molecule has 1 aliphatic heterocycles. The highest BCUT2D eigenvalue weighted by Gasteiger charge is 2.40. The minimum absolute atomic E-state index is 0.0196. The zero-order valence-corrected chi connectivity index (χ0v) is 21.8. The smallest absolute Gasteiger partial charge is 0.380 e. The molecule has 0 fully saturated rings. The van der Waals surface area contributed by atoms with Crippen LogP contribution in [-0.2, 0) is 37.5 Å². The highest BCUT2D eigenvalue weighted by Crippen LogP contribution is 2.39. The molecule has 1 aliphatic rings. The van der Waals surface area contributed by atoms with Crippen molar-refractivity contribution < 1.29 is 22.7 Å². The Morgan fingerprint density at radius 3 is 2.33 bits per heavy atom. The van der Waals surface area contributed by atoms with E-state index in [1.54, 1.807) is 36.7 Å². The number of ether oxygens (including phenoxy) is 1. The number of aromatic nitrogens is 3. The van der Waals surface area contributed by atoms with Crippen LogP contribution in [0.1, 0.15) is 67.0 Å². The van der Waals surface area contributed by atoms with Gasteiger partial charge in [0.05, 0.1) is 18.7 Å². The van der Waals surface area contributed by atoms with E-state index < -0.39 is 17.6 Å². The van der Waals surface area contributed by atoms with Crippen molar-refractivity contribution in [2.75, 3.05) is 12.0 Å². The first-order valence-corrected chi connectivity index (χ1v) is 12.1. The summed E-state index contributed by atoms with van der Waals surface area (Å²) >= 11 is 0. The topological polar surface area (TPSA) is 60.2 Å². The fourth-order valence-corrected chi connectivity index (χ4v) is 3.74. The summed E-state index contributed by atoms with van der Waals surface area (Å²) in [5.74, 6) is 1.37. The third kappa shape index (κ3) is 7.16. The monoisotopic (exact) mass is 504 g/mol. The molecule has 2 heterocycles. The van der Waals surface area contributed by atoms with Gasteiger partial charge in [0.25, 0.3) is 5.91 Å². The molecule has 2 aromatic carbocycles. The Balaban J connectivity index is 0.000000295. The normalized spacial score (nSPS) is 13.4. The summed E-state index contributed by atoms with van der Waals surface area (Å²) < 4.78 is 46.9. The van der Waals surface area contributed by atoms with Crippen molar-refractivity contribution >= 4 is 11.6 Å². The minimum atomic E-state index is -4.51. The van der Waals surface area contributed by atoms with Crippen LogP contribution in [0.25, 0.3) is 0 Å². The molecule has 1 atom stereocenters. The summed E-state index contributed by atoms with van der Waals surface area (Å²) in [5.41, 5.74) is 0.257. The van der Waals surface area contributed by atoms with Crippen molar-refractivity contribution in [1.82, 2.24) is 14.8 Å². The number of amides is 1. The number of hydrogen-bond donors (Lipinski definition) is 0. The van der Waals surface area contributed by atoms with E-state index in [-0.39, 0.29) is 24.3 Å². The average molecular weight is 505 g/mol. The number of carbonyl (C=O) groups excluding carboxylic acids is 1. The molecule has 6 nitrogen and oxygen atoms in total. The summed E-state index contributed by atoms with van der Waals surface area (Å²) in [7, 11) is 3.39. The predicted molar refractivity (Wildman–Crippen MR) is 135 cm³/mol. The van der Waals surface area contributed by atoms with Crippen molar-refractivity contribution in [3.63, 3.8) is 0 Å². The Bertz CT molecular complexity index is 1110. The van der Waals surface area contributed by atoms with Crippen molar-refractivity contribution in [1.29, 1.82) is 0 Å². The van der Waals surface area contributed by atoms with Crippen LogP contribution < -0.4 is 4.90 Å². The molecule has 4 rings (SSSR count). The molecular weight excluding hydrogens is 469 g/mol. The quantitative estimate of drug-likeness (QED) is 0.388. The Kier molecular flexibility index (Phi) is 10.6. The lowest BCUT2D eigenvalue weighted by molar-refractivity contribution is -0.138. The third-order valence-corrected chi connectivity index (χ3v) is 5.82. The largest absolute Gasteiger partial charge is 0.416 e. The summed E-state index contributed by atoms with van der Waals surface area (Å²) in [6.07, 6.45) is -0.529. The highest BCUT2D eigenvalue weighted by molar-refractivity contribution is 6.10. The van der Waals surface area contributed by atoms with Crippen LogP contribution in [0.3, 0.4) is 0 Å². The van der Waals surface area contributed by atoms with Crippen LogP contribution in [-0.4, -0.2) is 27.8 Å². The Hall–Kier alpha value is -3.20. The number of aryl methyl sites for hydroxylation is 1. The molecule has 9 heteroatoms. The second-order valence-corrected chi connectivity index (χ2v) is 8.40. The maximum absolute atomic E-state index is 13.3. The van der Waals surface area contributed by atoms with Crippen LogP contribution >= 0.6 is 0 Å². The fraction of sp³-hybridized carbons (Fsp3) is 0.444. The summed E-state index contributed by atoms with van der Waals surface area (Å²) in [4.78, 5) is 13.9. The molecule has 1 amide bonds. The molecule has 0 spiro atoms. The number of hydrogen-bond acceptors (Lipinski definition) is 4. The van der Waals surface area contributed by atoms with Gasteiger partial charge >= 0.3 is 6.18 Å². The summed E-state index contributed by atoms with van der Waals surface area (Å²) in [5, 5.41) is 7.84. The Labute approximate surface area is 211 Å². The van der Waals surface area contributed by atoms with Gasteiger partial charge in [0.15, 0.2) is 0 Å². The molecule has 1 unspecified atom stereocenters. The van der Waals surface area contributed by atoms with Gasteiger partial charge in [-0.15, -0.1) is 10.2 Å².